The molecule has 8 heteroatoms. The van der Waals surface area contributed by atoms with Crippen LogP contribution in [0.3, 0.4) is 0 Å². The van der Waals surface area contributed by atoms with Crippen molar-refractivity contribution < 1.29 is 14.3 Å². The number of hydrogen-bond donors (Lipinski definition) is 1. The molecule has 2 aromatic rings. The molecule has 3 rings (SSSR count). The van der Waals surface area contributed by atoms with E-state index in [1.165, 1.54) is 0 Å². The molecule has 1 N–H and O–H groups in total. The predicted molar refractivity (Wildman–Crippen MR) is 116 cm³/mol. The maximum Gasteiger partial charge on any atom is 0.410 e. The van der Waals surface area contributed by atoms with Crippen LogP contribution in [0.15, 0.2) is 42.7 Å². The van der Waals surface area contributed by atoms with Gasteiger partial charge in [0.25, 0.3) is 0 Å². The number of carbonyl (C=O) groups excluding carboxylic acids is 2. The van der Waals surface area contributed by atoms with E-state index in [0.29, 0.717) is 25.3 Å². The van der Waals surface area contributed by atoms with Crippen molar-refractivity contribution in [3.63, 3.8) is 0 Å². The average molecular weight is 414 g/mol. The molecule has 0 radical (unpaired) electrons. The number of ether oxygens (including phenoxy) is 1. The summed E-state index contributed by atoms with van der Waals surface area (Å²) in [5.41, 5.74) is 1.000. The lowest BCUT2D eigenvalue weighted by molar-refractivity contribution is 0.0253. The summed E-state index contributed by atoms with van der Waals surface area (Å²) in [6.07, 6.45) is 5.09. The van der Waals surface area contributed by atoms with E-state index >= 15 is 0 Å². The van der Waals surface area contributed by atoms with Crippen LogP contribution in [0.2, 0.25) is 0 Å². The Morgan fingerprint density at radius 1 is 1.27 bits per heavy atom. The number of urea groups is 1. The quantitative estimate of drug-likeness (QED) is 0.822. The van der Waals surface area contributed by atoms with E-state index in [1.54, 1.807) is 22.8 Å². The summed E-state index contributed by atoms with van der Waals surface area (Å²) in [5, 5.41) is 7.27. The third-order valence-corrected chi connectivity index (χ3v) is 4.94. The van der Waals surface area contributed by atoms with Crippen LogP contribution >= 0.6 is 0 Å². The van der Waals surface area contributed by atoms with Crippen LogP contribution in [0, 0.1) is 5.92 Å². The minimum Gasteiger partial charge on any atom is -0.444 e. The number of carbonyl (C=O) groups is 2. The van der Waals surface area contributed by atoms with E-state index in [0.717, 1.165) is 18.5 Å². The molecule has 1 aliphatic rings. The Morgan fingerprint density at radius 2 is 2.03 bits per heavy atom. The molecule has 1 aliphatic heterocycles. The molecule has 0 saturated carbocycles. The number of rotatable bonds is 4. The molecule has 0 aliphatic carbocycles. The minimum atomic E-state index is -0.522. The summed E-state index contributed by atoms with van der Waals surface area (Å²) >= 11 is 0. The van der Waals surface area contributed by atoms with Gasteiger partial charge in [-0.2, -0.15) is 5.10 Å². The van der Waals surface area contributed by atoms with Crippen LogP contribution < -0.4 is 5.32 Å². The Balaban J connectivity index is 1.60. The third-order valence-electron chi connectivity index (χ3n) is 4.94. The van der Waals surface area contributed by atoms with Gasteiger partial charge < -0.3 is 19.9 Å². The highest BCUT2D eigenvalue weighted by molar-refractivity contribution is 5.91. The first-order valence-electron chi connectivity index (χ1n) is 10.3. The molecule has 162 valence electrons. The zero-order valence-electron chi connectivity index (χ0n) is 18.2. The van der Waals surface area contributed by atoms with Crippen molar-refractivity contribution in [1.82, 2.24) is 19.6 Å². The molecule has 0 spiro atoms. The Kier molecular flexibility index (Phi) is 6.64. The van der Waals surface area contributed by atoms with Gasteiger partial charge in [0.15, 0.2) is 0 Å². The number of anilines is 1. The van der Waals surface area contributed by atoms with E-state index in [1.807, 2.05) is 62.2 Å². The zero-order valence-corrected chi connectivity index (χ0v) is 18.2. The molecule has 8 nitrogen and oxygen atoms in total. The van der Waals surface area contributed by atoms with Crippen molar-refractivity contribution in [3.05, 3.63) is 42.7 Å². The molecular formula is C22H31N5O3. The minimum absolute atomic E-state index is 0.140. The first-order valence-corrected chi connectivity index (χ1v) is 10.3. The fraction of sp³-hybridized carbons (Fsp3) is 0.500. The van der Waals surface area contributed by atoms with Crippen LogP contribution in [0.25, 0.3) is 5.69 Å². The van der Waals surface area contributed by atoms with Gasteiger partial charge in [0.1, 0.15) is 5.60 Å². The number of nitrogens with one attached hydrogen (secondary N) is 1. The molecule has 0 bridgehead atoms. The lowest BCUT2D eigenvalue weighted by Crippen LogP contribution is -2.46. The average Bonchev–Trinajstić information content (AvgIpc) is 3.22. The summed E-state index contributed by atoms with van der Waals surface area (Å²) in [5.74, 6) is 0.211. The lowest BCUT2D eigenvalue weighted by atomic mass is 9.98. The highest BCUT2D eigenvalue weighted by atomic mass is 16.6. The predicted octanol–water partition coefficient (Wildman–Crippen LogP) is 3.98. The lowest BCUT2D eigenvalue weighted by Gasteiger charge is -2.35. The SMILES string of the molecule is CN(CC1CCCN(C(=O)Nc2ccccc2-n2cccn2)C1)C(=O)OC(C)(C)C. The molecular weight excluding hydrogens is 382 g/mol. The van der Waals surface area contributed by atoms with Crippen LogP contribution in [-0.2, 0) is 4.74 Å². The van der Waals surface area contributed by atoms with Crippen molar-refractivity contribution in [1.29, 1.82) is 0 Å². The summed E-state index contributed by atoms with van der Waals surface area (Å²) in [4.78, 5) is 28.6. The summed E-state index contributed by atoms with van der Waals surface area (Å²) in [7, 11) is 1.74. The van der Waals surface area contributed by atoms with E-state index in [2.05, 4.69) is 10.4 Å². The fourth-order valence-electron chi connectivity index (χ4n) is 3.58. The van der Waals surface area contributed by atoms with E-state index in [-0.39, 0.29) is 18.0 Å². The highest BCUT2D eigenvalue weighted by Crippen LogP contribution is 2.22. The summed E-state index contributed by atoms with van der Waals surface area (Å²) in [6.45, 7) is 7.42. The Morgan fingerprint density at radius 3 is 2.73 bits per heavy atom. The smallest absolute Gasteiger partial charge is 0.410 e. The number of benzene rings is 1. The standard InChI is InChI=1S/C22H31N5O3/c1-22(2,3)30-21(29)25(4)15-17-9-7-13-26(16-17)20(28)24-18-10-5-6-11-19(18)27-14-8-12-23-27/h5-6,8,10-12,14,17H,7,9,13,15-16H2,1-4H3,(H,24,28). The fourth-order valence-corrected chi connectivity index (χ4v) is 3.58. The second-order valence-corrected chi connectivity index (χ2v) is 8.71. The normalized spacial score (nSPS) is 16.8. The molecule has 1 aromatic heterocycles. The van der Waals surface area contributed by atoms with Crippen LogP contribution in [0.4, 0.5) is 15.3 Å². The molecule has 1 fully saturated rings. The maximum atomic E-state index is 12.9. The van der Waals surface area contributed by atoms with E-state index in [4.69, 9.17) is 4.74 Å². The number of piperidine rings is 1. The van der Waals surface area contributed by atoms with E-state index in [9.17, 15) is 9.59 Å². The molecule has 3 amide bonds. The number of nitrogens with zero attached hydrogens (tertiary/aromatic N) is 4. The Labute approximate surface area is 177 Å². The van der Waals surface area contributed by atoms with Gasteiger partial charge in [-0.25, -0.2) is 14.3 Å². The highest BCUT2D eigenvalue weighted by Gasteiger charge is 2.27. The summed E-state index contributed by atoms with van der Waals surface area (Å²) < 4.78 is 7.16. The topological polar surface area (TPSA) is 79.7 Å². The Hall–Kier alpha value is -3.03. The molecule has 30 heavy (non-hydrogen) atoms. The van der Waals surface area contributed by atoms with Gasteiger partial charge >= 0.3 is 12.1 Å². The monoisotopic (exact) mass is 413 g/mol. The molecule has 1 aromatic carbocycles. The third kappa shape index (κ3) is 5.75. The Bertz CT molecular complexity index is 860. The second-order valence-electron chi connectivity index (χ2n) is 8.71. The molecule has 1 unspecified atom stereocenters. The van der Waals surface area contributed by atoms with E-state index < -0.39 is 5.60 Å². The van der Waals surface area contributed by atoms with Crippen molar-refractivity contribution in [2.45, 2.75) is 39.2 Å². The number of hydrogen-bond acceptors (Lipinski definition) is 4. The van der Waals surface area contributed by atoms with Gasteiger partial charge in [-0.15, -0.1) is 0 Å². The first kappa shape index (κ1) is 21.7. The second kappa shape index (κ2) is 9.19. The number of amides is 3. The van der Waals surface area contributed by atoms with Crippen molar-refractivity contribution in [2.75, 3.05) is 32.0 Å². The number of aromatic nitrogens is 2. The molecule has 1 saturated heterocycles. The van der Waals surface area contributed by atoms with Crippen molar-refractivity contribution in [2.24, 2.45) is 5.92 Å². The van der Waals surface area contributed by atoms with Crippen LogP contribution in [0.1, 0.15) is 33.6 Å². The van der Waals surface area contributed by atoms with Gasteiger partial charge in [-0.1, -0.05) is 12.1 Å². The van der Waals surface area contributed by atoms with Gasteiger partial charge in [0, 0.05) is 39.1 Å². The molecule has 2 heterocycles. The van der Waals surface area contributed by atoms with Gasteiger partial charge in [0.05, 0.1) is 11.4 Å². The zero-order chi connectivity index (χ0) is 21.7. The van der Waals surface area contributed by atoms with Crippen molar-refractivity contribution in [3.8, 4) is 5.69 Å². The van der Waals surface area contributed by atoms with Crippen LogP contribution in [0.5, 0.6) is 0 Å². The van der Waals surface area contributed by atoms with Gasteiger partial charge in [-0.05, 0) is 57.7 Å². The van der Waals surface area contributed by atoms with Crippen LogP contribution in [-0.4, -0.2) is 64.0 Å². The van der Waals surface area contributed by atoms with Crippen molar-refractivity contribution >= 4 is 17.8 Å². The largest absolute Gasteiger partial charge is 0.444 e. The van der Waals surface area contributed by atoms with Gasteiger partial charge in [0.2, 0.25) is 0 Å². The van der Waals surface area contributed by atoms with Gasteiger partial charge in [-0.3, -0.25) is 0 Å². The molecule has 1 atom stereocenters. The summed E-state index contributed by atoms with van der Waals surface area (Å²) in [6, 6.07) is 9.28. The first-order chi connectivity index (χ1) is 14.2. The maximum absolute atomic E-state index is 12.9. The number of para-hydroxylation sites is 2. The number of likely N-dealkylation sites (tertiary alicyclic amines) is 1.